The molecule has 0 amide bonds. The van der Waals surface area contributed by atoms with Gasteiger partial charge in [0.25, 0.3) is 10.0 Å². The molecule has 0 saturated heterocycles. The summed E-state index contributed by atoms with van der Waals surface area (Å²) in [7, 11) is -3.64. The van der Waals surface area contributed by atoms with Gasteiger partial charge < -0.3 is 5.73 Å². The molecule has 21 heavy (non-hydrogen) atoms. The molecule has 4 nitrogen and oxygen atoms in total. The fraction of sp³-hybridized carbons (Fsp3) is 0.200. The van der Waals surface area contributed by atoms with E-state index in [2.05, 4.69) is 20.7 Å². The van der Waals surface area contributed by atoms with Crippen LogP contribution in [0.15, 0.2) is 57.9 Å². The summed E-state index contributed by atoms with van der Waals surface area (Å²) < 4.78 is 28.1. The Bertz CT molecular complexity index is 732. The number of nitrogens with two attached hydrogens (primary N) is 1. The molecule has 0 aliphatic heterocycles. The molecular formula is C15H17BrN2O2S. The number of sulfonamides is 1. The molecule has 3 N–H and O–H groups in total. The molecule has 0 aliphatic rings. The second kappa shape index (κ2) is 6.60. The molecule has 0 fully saturated rings. The summed E-state index contributed by atoms with van der Waals surface area (Å²) in [5, 5.41) is 0. The summed E-state index contributed by atoms with van der Waals surface area (Å²) in [4.78, 5) is 0.208. The predicted molar refractivity (Wildman–Crippen MR) is 88.6 cm³/mol. The summed E-state index contributed by atoms with van der Waals surface area (Å²) in [5.41, 5.74) is 7.28. The van der Waals surface area contributed by atoms with Crippen molar-refractivity contribution >= 4 is 31.6 Å². The number of rotatable bonds is 5. The molecule has 0 radical (unpaired) electrons. The summed E-state index contributed by atoms with van der Waals surface area (Å²) in [6, 6.07) is 13.6. The Morgan fingerprint density at radius 2 is 1.90 bits per heavy atom. The maximum absolute atomic E-state index is 12.4. The number of hydrogen-bond donors (Lipinski definition) is 2. The van der Waals surface area contributed by atoms with E-state index in [0.717, 1.165) is 12.0 Å². The minimum Gasteiger partial charge on any atom is -0.324 e. The Morgan fingerprint density at radius 1 is 1.19 bits per heavy atom. The number of hydrogen-bond acceptors (Lipinski definition) is 3. The van der Waals surface area contributed by atoms with Gasteiger partial charge in [0.05, 0.1) is 10.6 Å². The predicted octanol–water partition coefficient (Wildman–Crippen LogP) is 3.66. The van der Waals surface area contributed by atoms with E-state index < -0.39 is 10.0 Å². The summed E-state index contributed by atoms with van der Waals surface area (Å²) in [6.07, 6.45) is 0.751. The van der Waals surface area contributed by atoms with Gasteiger partial charge in [-0.15, -0.1) is 0 Å². The summed E-state index contributed by atoms with van der Waals surface area (Å²) in [5.74, 6) is 0. The molecule has 2 rings (SSSR count). The lowest BCUT2D eigenvalue weighted by Gasteiger charge is -2.13. The van der Waals surface area contributed by atoms with E-state index >= 15 is 0 Å². The van der Waals surface area contributed by atoms with E-state index in [0.29, 0.717) is 10.2 Å². The first kappa shape index (κ1) is 16.0. The van der Waals surface area contributed by atoms with Crippen molar-refractivity contribution in [2.75, 3.05) is 4.72 Å². The van der Waals surface area contributed by atoms with Gasteiger partial charge in [0, 0.05) is 10.5 Å². The number of anilines is 1. The van der Waals surface area contributed by atoms with E-state index in [1.54, 1.807) is 36.4 Å². The van der Waals surface area contributed by atoms with Gasteiger partial charge in [-0.2, -0.15) is 0 Å². The molecule has 0 spiro atoms. The lowest BCUT2D eigenvalue weighted by Crippen LogP contribution is -2.15. The van der Waals surface area contributed by atoms with Crippen molar-refractivity contribution < 1.29 is 8.42 Å². The zero-order valence-electron chi connectivity index (χ0n) is 11.6. The minimum atomic E-state index is -3.64. The van der Waals surface area contributed by atoms with Gasteiger partial charge in [-0.3, -0.25) is 4.72 Å². The zero-order chi connectivity index (χ0) is 15.5. The van der Waals surface area contributed by atoms with Crippen molar-refractivity contribution in [3.05, 3.63) is 58.6 Å². The molecule has 0 heterocycles. The van der Waals surface area contributed by atoms with Crippen LogP contribution in [-0.2, 0) is 10.0 Å². The number of nitrogens with one attached hydrogen (secondary N) is 1. The highest BCUT2D eigenvalue weighted by atomic mass is 79.9. The molecular weight excluding hydrogens is 352 g/mol. The van der Waals surface area contributed by atoms with Crippen molar-refractivity contribution in [1.82, 2.24) is 0 Å². The van der Waals surface area contributed by atoms with E-state index in [4.69, 9.17) is 5.73 Å². The van der Waals surface area contributed by atoms with E-state index in [9.17, 15) is 8.42 Å². The quantitative estimate of drug-likeness (QED) is 0.845. The smallest absolute Gasteiger partial charge is 0.261 e. The minimum absolute atomic E-state index is 0.163. The molecule has 0 bridgehead atoms. The second-order valence-electron chi connectivity index (χ2n) is 4.67. The van der Waals surface area contributed by atoms with Crippen LogP contribution in [0.25, 0.3) is 0 Å². The third-order valence-electron chi connectivity index (χ3n) is 3.15. The third-order valence-corrected chi connectivity index (χ3v) is 5.21. The lowest BCUT2D eigenvalue weighted by atomic mass is 10.1. The number of benzene rings is 2. The maximum Gasteiger partial charge on any atom is 0.261 e. The van der Waals surface area contributed by atoms with Gasteiger partial charge in [0.1, 0.15) is 0 Å². The van der Waals surface area contributed by atoms with E-state index in [1.807, 2.05) is 19.1 Å². The SMILES string of the molecule is CCC(N)c1cccc(S(=O)(=O)Nc2ccccc2Br)c1. The highest BCUT2D eigenvalue weighted by molar-refractivity contribution is 9.10. The molecule has 1 atom stereocenters. The van der Waals surface area contributed by atoms with Crippen LogP contribution in [0.3, 0.4) is 0 Å². The Balaban J connectivity index is 2.34. The maximum atomic E-state index is 12.4. The lowest BCUT2D eigenvalue weighted by molar-refractivity contribution is 0.600. The molecule has 112 valence electrons. The molecule has 0 saturated carbocycles. The Kier molecular flexibility index (Phi) is 5.03. The van der Waals surface area contributed by atoms with Gasteiger partial charge in [-0.05, 0) is 52.2 Å². The van der Waals surface area contributed by atoms with Crippen LogP contribution in [0.1, 0.15) is 24.9 Å². The first-order valence-corrected chi connectivity index (χ1v) is 8.84. The van der Waals surface area contributed by atoms with Crippen molar-refractivity contribution in [2.45, 2.75) is 24.3 Å². The Hall–Kier alpha value is -1.37. The Morgan fingerprint density at radius 3 is 2.57 bits per heavy atom. The van der Waals surface area contributed by atoms with Crippen LogP contribution in [0.5, 0.6) is 0 Å². The van der Waals surface area contributed by atoms with Crippen LogP contribution in [0.2, 0.25) is 0 Å². The molecule has 1 unspecified atom stereocenters. The summed E-state index contributed by atoms with van der Waals surface area (Å²) in [6.45, 7) is 1.96. The first-order valence-electron chi connectivity index (χ1n) is 6.57. The average molecular weight is 369 g/mol. The fourth-order valence-corrected chi connectivity index (χ4v) is 3.55. The second-order valence-corrected chi connectivity index (χ2v) is 7.21. The van der Waals surface area contributed by atoms with E-state index in [1.165, 1.54) is 0 Å². The van der Waals surface area contributed by atoms with Crippen molar-refractivity contribution in [3.63, 3.8) is 0 Å². The van der Waals surface area contributed by atoms with Crippen LogP contribution < -0.4 is 10.5 Å². The van der Waals surface area contributed by atoms with E-state index in [-0.39, 0.29) is 10.9 Å². The third kappa shape index (κ3) is 3.84. The Labute approximate surface area is 133 Å². The van der Waals surface area contributed by atoms with Crippen LogP contribution in [-0.4, -0.2) is 8.42 Å². The largest absolute Gasteiger partial charge is 0.324 e. The number of halogens is 1. The van der Waals surface area contributed by atoms with Crippen LogP contribution in [0.4, 0.5) is 5.69 Å². The van der Waals surface area contributed by atoms with Crippen molar-refractivity contribution in [3.8, 4) is 0 Å². The molecule has 2 aromatic rings. The highest BCUT2D eigenvalue weighted by Crippen LogP contribution is 2.25. The zero-order valence-corrected chi connectivity index (χ0v) is 14.0. The molecule has 6 heteroatoms. The monoisotopic (exact) mass is 368 g/mol. The first-order chi connectivity index (χ1) is 9.94. The van der Waals surface area contributed by atoms with Crippen LogP contribution >= 0.6 is 15.9 Å². The molecule has 0 aromatic heterocycles. The fourth-order valence-electron chi connectivity index (χ4n) is 1.90. The topological polar surface area (TPSA) is 72.2 Å². The van der Waals surface area contributed by atoms with Gasteiger partial charge in [0.15, 0.2) is 0 Å². The standard InChI is InChI=1S/C15H17BrN2O2S/c1-2-14(17)11-6-5-7-12(10-11)21(19,20)18-15-9-4-3-8-13(15)16/h3-10,14,18H,2,17H2,1H3. The summed E-state index contributed by atoms with van der Waals surface area (Å²) >= 11 is 3.32. The van der Waals surface area contributed by atoms with Gasteiger partial charge in [0.2, 0.25) is 0 Å². The molecule has 0 aliphatic carbocycles. The molecule has 2 aromatic carbocycles. The highest BCUT2D eigenvalue weighted by Gasteiger charge is 2.16. The number of para-hydroxylation sites is 1. The van der Waals surface area contributed by atoms with Gasteiger partial charge in [-0.25, -0.2) is 8.42 Å². The van der Waals surface area contributed by atoms with Crippen molar-refractivity contribution in [1.29, 1.82) is 0 Å². The average Bonchev–Trinajstić information content (AvgIpc) is 2.49. The van der Waals surface area contributed by atoms with Crippen molar-refractivity contribution in [2.24, 2.45) is 5.73 Å². The normalized spacial score (nSPS) is 12.9. The van der Waals surface area contributed by atoms with Gasteiger partial charge in [-0.1, -0.05) is 31.2 Å². The van der Waals surface area contributed by atoms with Crippen LogP contribution in [0, 0.1) is 0 Å². The van der Waals surface area contributed by atoms with Gasteiger partial charge >= 0.3 is 0 Å².